The summed E-state index contributed by atoms with van der Waals surface area (Å²) in [5, 5.41) is 7.64. The summed E-state index contributed by atoms with van der Waals surface area (Å²) in [6.07, 6.45) is 10.0. The number of halogens is 1. The summed E-state index contributed by atoms with van der Waals surface area (Å²) in [4.78, 5) is 8.86. The molecule has 6 heteroatoms. The fourth-order valence-corrected chi connectivity index (χ4v) is 3.07. The molecule has 4 rings (SSSR count). The molecule has 122 valence electrons. The van der Waals surface area contributed by atoms with Crippen LogP contribution in [-0.4, -0.2) is 25.8 Å². The van der Waals surface area contributed by atoms with E-state index in [-0.39, 0.29) is 5.82 Å². The number of nitrogens with one attached hydrogen (secondary N) is 1. The topological polar surface area (TPSA) is 55.6 Å². The molecule has 2 heterocycles. The summed E-state index contributed by atoms with van der Waals surface area (Å²) in [5.74, 6) is 0.330. The molecule has 1 aromatic carbocycles. The number of hydrogen-bond acceptors (Lipinski definition) is 4. The van der Waals surface area contributed by atoms with Crippen LogP contribution in [0.15, 0.2) is 48.9 Å². The van der Waals surface area contributed by atoms with E-state index in [1.807, 2.05) is 6.07 Å². The van der Waals surface area contributed by atoms with Crippen LogP contribution in [0.25, 0.3) is 16.9 Å². The van der Waals surface area contributed by atoms with Gasteiger partial charge in [-0.1, -0.05) is 25.0 Å². The average Bonchev–Trinajstić information content (AvgIpc) is 3.27. The van der Waals surface area contributed by atoms with Gasteiger partial charge in [0.25, 0.3) is 0 Å². The van der Waals surface area contributed by atoms with Crippen molar-refractivity contribution in [2.24, 2.45) is 0 Å². The van der Waals surface area contributed by atoms with Crippen LogP contribution < -0.4 is 5.32 Å². The Morgan fingerprint density at radius 2 is 1.96 bits per heavy atom. The first-order valence-electron chi connectivity index (χ1n) is 8.19. The quantitative estimate of drug-likeness (QED) is 0.793. The first kappa shape index (κ1) is 14.8. The smallest absolute Gasteiger partial charge is 0.223 e. The van der Waals surface area contributed by atoms with E-state index in [2.05, 4.69) is 20.4 Å². The van der Waals surface area contributed by atoms with Gasteiger partial charge in [0.05, 0.1) is 11.9 Å². The van der Waals surface area contributed by atoms with Gasteiger partial charge in [-0.15, -0.1) is 0 Å². The monoisotopic (exact) mass is 323 g/mol. The fourth-order valence-electron chi connectivity index (χ4n) is 3.07. The van der Waals surface area contributed by atoms with Gasteiger partial charge >= 0.3 is 0 Å². The van der Waals surface area contributed by atoms with Crippen molar-refractivity contribution in [3.8, 4) is 16.9 Å². The Balaban J connectivity index is 1.59. The van der Waals surface area contributed by atoms with Gasteiger partial charge in [-0.05, 0) is 31.0 Å². The van der Waals surface area contributed by atoms with Crippen LogP contribution in [0.2, 0.25) is 0 Å². The highest BCUT2D eigenvalue weighted by molar-refractivity contribution is 5.58. The molecule has 0 unspecified atom stereocenters. The first-order chi connectivity index (χ1) is 11.8. The number of rotatable bonds is 4. The Morgan fingerprint density at radius 3 is 2.79 bits per heavy atom. The normalized spacial score (nSPS) is 14.9. The van der Waals surface area contributed by atoms with Crippen LogP contribution >= 0.6 is 0 Å². The Bertz CT molecular complexity index is 839. The predicted molar refractivity (Wildman–Crippen MR) is 90.4 cm³/mol. The molecule has 0 spiro atoms. The van der Waals surface area contributed by atoms with E-state index in [4.69, 9.17) is 0 Å². The van der Waals surface area contributed by atoms with Crippen LogP contribution in [0, 0.1) is 5.82 Å². The third kappa shape index (κ3) is 2.99. The summed E-state index contributed by atoms with van der Waals surface area (Å²) in [6.45, 7) is 0. The summed E-state index contributed by atoms with van der Waals surface area (Å²) < 4.78 is 15.4. The van der Waals surface area contributed by atoms with Crippen LogP contribution in [0.5, 0.6) is 0 Å². The van der Waals surface area contributed by atoms with Crippen molar-refractivity contribution >= 4 is 5.95 Å². The number of aromatic nitrogens is 4. The second-order valence-electron chi connectivity index (χ2n) is 6.02. The van der Waals surface area contributed by atoms with E-state index in [0.29, 0.717) is 17.7 Å². The van der Waals surface area contributed by atoms with Gasteiger partial charge in [0.1, 0.15) is 11.5 Å². The van der Waals surface area contributed by atoms with E-state index in [0.717, 1.165) is 11.3 Å². The number of benzene rings is 1. The minimum absolute atomic E-state index is 0.307. The molecule has 0 radical (unpaired) electrons. The van der Waals surface area contributed by atoms with Crippen molar-refractivity contribution in [1.29, 1.82) is 0 Å². The van der Waals surface area contributed by atoms with Crippen molar-refractivity contribution in [2.45, 2.75) is 31.7 Å². The van der Waals surface area contributed by atoms with E-state index in [1.165, 1.54) is 36.4 Å². The van der Waals surface area contributed by atoms with E-state index in [1.54, 1.807) is 36.8 Å². The lowest BCUT2D eigenvalue weighted by Gasteiger charge is -2.11. The van der Waals surface area contributed by atoms with Crippen LogP contribution in [0.1, 0.15) is 25.7 Å². The van der Waals surface area contributed by atoms with Gasteiger partial charge < -0.3 is 5.32 Å². The minimum atomic E-state index is -0.307. The molecule has 0 atom stereocenters. The lowest BCUT2D eigenvalue weighted by molar-refractivity contribution is 0.611. The van der Waals surface area contributed by atoms with Crippen molar-refractivity contribution in [3.63, 3.8) is 0 Å². The van der Waals surface area contributed by atoms with E-state index >= 15 is 0 Å². The van der Waals surface area contributed by atoms with Gasteiger partial charge in [-0.25, -0.2) is 19.0 Å². The number of hydrogen-bond donors (Lipinski definition) is 1. The third-order valence-electron chi connectivity index (χ3n) is 4.32. The zero-order valence-electron chi connectivity index (χ0n) is 13.2. The Labute approximate surface area is 139 Å². The highest BCUT2D eigenvalue weighted by Gasteiger charge is 2.16. The molecule has 0 bridgehead atoms. The lowest BCUT2D eigenvalue weighted by atomic mass is 10.2. The zero-order valence-corrected chi connectivity index (χ0v) is 13.2. The van der Waals surface area contributed by atoms with Gasteiger partial charge in [0, 0.05) is 24.0 Å². The van der Waals surface area contributed by atoms with Crippen LogP contribution in [-0.2, 0) is 0 Å². The Kier molecular flexibility index (Phi) is 3.94. The van der Waals surface area contributed by atoms with Gasteiger partial charge in [0.15, 0.2) is 0 Å². The van der Waals surface area contributed by atoms with Crippen LogP contribution in [0.3, 0.4) is 0 Å². The zero-order chi connectivity index (χ0) is 16.4. The molecule has 0 amide bonds. The molecule has 1 aliphatic carbocycles. The Morgan fingerprint density at radius 1 is 1.12 bits per heavy atom. The van der Waals surface area contributed by atoms with Crippen molar-refractivity contribution in [1.82, 2.24) is 19.7 Å². The predicted octanol–water partition coefficient (Wildman–Crippen LogP) is 3.82. The summed E-state index contributed by atoms with van der Waals surface area (Å²) in [6, 6.07) is 8.86. The second kappa shape index (κ2) is 6.39. The highest BCUT2D eigenvalue weighted by Crippen LogP contribution is 2.23. The number of anilines is 1. The molecular weight excluding hydrogens is 305 g/mol. The van der Waals surface area contributed by atoms with Gasteiger partial charge in [0.2, 0.25) is 5.95 Å². The minimum Gasteiger partial charge on any atom is -0.351 e. The van der Waals surface area contributed by atoms with Crippen molar-refractivity contribution in [3.05, 3.63) is 54.7 Å². The highest BCUT2D eigenvalue weighted by atomic mass is 19.1. The van der Waals surface area contributed by atoms with Crippen molar-refractivity contribution in [2.75, 3.05) is 5.32 Å². The number of nitrogens with zero attached hydrogens (tertiary/aromatic N) is 4. The average molecular weight is 323 g/mol. The van der Waals surface area contributed by atoms with E-state index in [9.17, 15) is 4.39 Å². The number of para-hydroxylation sites is 1. The molecular formula is C18H18FN5. The molecule has 2 aromatic heterocycles. The van der Waals surface area contributed by atoms with E-state index < -0.39 is 0 Å². The lowest BCUT2D eigenvalue weighted by Crippen LogP contribution is -2.16. The van der Waals surface area contributed by atoms with Gasteiger partial charge in [-0.3, -0.25) is 0 Å². The second-order valence-corrected chi connectivity index (χ2v) is 6.02. The largest absolute Gasteiger partial charge is 0.351 e. The molecule has 0 saturated heterocycles. The molecule has 1 aliphatic rings. The SMILES string of the molecule is Fc1ccccc1-n1cc(-c2ccnc(NC3CCCC3)n2)cn1. The molecule has 1 fully saturated rings. The maximum Gasteiger partial charge on any atom is 0.223 e. The van der Waals surface area contributed by atoms with Crippen molar-refractivity contribution < 1.29 is 4.39 Å². The molecule has 1 saturated carbocycles. The first-order valence-corrected chi connectivity index (χ1v) is 8.19. The molecule has 5 nitrogen and oxygen atoms in total. The maximum absolute atomic E-state index is 13.9. The Hall–Kier alpha value is -2.76. The maximum atomic E-state index is 13.9. The summed E-state index contributed by atoms with van der Waals surface area (Å²) in [5.41, 5.74) is 2.02. The van der Waals surface area contributed by atoms with Crippen LogP contribution in [0.4, 0.5) is 10.3 Å². The standard InChI is InChI=1S/C18H18FN5/c19-15-7-3-4-8-17(15)24-12-13(11-21-24)16-9-10-20-18(23-16)22-14-5-1-2-6-14/h3-4,7-12,14H,1-2,5-6H2,(H,20,22,23). The summed E-state index contributed by atoms with van der Waals surface area (Å²) >= 11 is 0. The van der Waals surface area contributed by atoms with Gasteiger partial charge in [-0.2, -0.15) is 5.10 Å². The third-order valence-corrected chi connectivity index (χ3v) is 4.32. The fraction of sp³-hybridized carbons (Fsp3) is 0.278. The summed E-state index contributed by atoms with van der Waals surface area (Å²) in [7, 11) is 0. The molecule has 3 aromatic rings. The molecule has 0 aliphatic heterocycles. The molecule has 1 N–H and O–H groups in total. The molecule has 24 heavy (non-hydrogen) atoms.